The summed E-state index contributed by atoms with van der Waals surface area (Å²) in [5.41, 5.74) is 0.776. The first-order valence-electron chi connectivity index (χ1n) is 7.65. The summed E-state index contributed by atoms with van der Waals surface area (Å²) in [7, 11) is 1.62. The van der Waals surface area contributed by atoms with Crippen LogP contribution in [0.3, 0.4) is 0 Å². The molecule has 3 amide bonds. The molecule has 1 saturated heterocycles. The highest BCUT2D eigenvalue weighted by atomic mass is 16.5. The summed E-state index contributed by atoms with van der Waals surface area (Å²) in [4.78, 5) is 26.5. The van der Waals surface area contributed by atoms with Gasteiger partial charge in [-0.25, -0.2) is 4.79 Å². The number of ether oxygens (including phenoxy) is 1. The molecule has 0 spiro atoms. The van der Waals surface area contributed by atoms with Crippen LogP contribution in [0.25, 0.3) is 0 Å². The topological polar surface area (TPSA) is 58.6 Å². The van der Waals surface area contributed by atoms with Gasteiger partial charge in [-0.2, -0.15) is 0 Å². The lowest BCUT2D eigenvalue weighted by Gasteiger charge is -2.27. The van der Waals surface area contributed by atoms with Gasteiger partial charge in [0.2, 0.25) is 0 Å². The van der Waals surface area contributed by atoms with Gasteiger partial charge < -0.3 is 10.1 Å². The first-order chi connectivity index (χ1) is 10.4. The van der Waals surface area contributed by atoms with E-state index < -0.39 is 5.54 Å². The second-order valence-corrected chi connectivity index (χ2v) is 6.18. The molecule has 1 aromatic carbocycles. The Labute approximate surface area is 131 Å². The third-order valence-corrected chi connectivity index (χ3v) is 4.14. The molecule has 0 aromatic heterocycles. The van der Waals surface area contributed by atoms with Crippen LogP contribution in [0.2, 0.25) is 0 Å². The van der Waals surface area contributed by atoms with Crippen LogP contribution < -0.4 is 10.1 Å². The number of nitrogens with zero attached hydrogens (tertiary/aromatic N) is 1. The predicted octanol–water partition coefficient (Wildman–Crippen LogP) is 2.82. The summed E-state index contributed by atoms with van der Waals surface area (Å²) in [6, 6.07) is 5.30. The van der Waals surface area contributed by atoms with Crippen molar-refractivity contribution in [1.82, 2.24) is 10.2 Å². The molecular weight excluding hydrogens is 280 g/mol. The van der Waals surface area contributed by atoms with Gasteiger partial charge in [-0.1, -0.05) is 26.8 Å². The number of benzene rings is 1. The van der Waals surface area contributed by atoms with E-state index in [0.29, 0.717) is 13.0 Å². The molecule has 22 heavy (non-hydrogen) atoms. The third-order valence-electron chi connectivity index (χ3n) is 4.14. The average Bonchev–Trinajstić information content (AvgIpc) is 2.72. The van der Waals surface area contributed by atoms with Gasteiger partial charge in [0.25, 0.3) is 5.91 Å². The van der Waals surface area contributed by atoms with Gasteiger partial charge >= 0.3 is 6.03 Å². The van der Waals surface area contributed by atoms with Gasteiger partial charge in [-0.05, 0) is 42.5 Å². The second-order valence-electron chi connectivity index (χ2n) is 6.18. The summed E-state index contributed by atoms with van der Waals surface area (Å²) >= 11 is 0. The number of carbonyl (C=O) groups is 2. The summed E-state index contributed by atoms with van der Waals surface area (Å²) in [5, 5.41) is 2.90. The minimum absolute atomic E-state index is 0.168. The quantitative estimate of drug-likeness (QED) is 0.851. The van der Waals surface area contributed by atoms with Crippen LogP contribution in [-0.2, 0) is 10.3 Å². The molecule has 1 aliphatic heterocycles. The maximum Gasteiger partial charge on any atom is 0.325 e. The first-order valence-corrected chi connectivity index (χ1v) is 7.65. The lowest BCUT2D eigenvalue weighted by molar-refractivity contribution is -0.132. The standard InChI is InChI=1S/C17H24N2O3/c1-6-17(13-7-8-14(22-5)12(4)9-13)15(20)19(10-11(2)3)16(21)18-17/h7-9,11H,6,10H2,1-5H3,(H,18,21). The van der Waals surface area contributed by atoms with E-state index in [-0.39, 0.29) is 17.9 Å². The van der Waals surface area contributed by atoms with Crippen LogP contribution in [-0.4, -0.2) is 30.5 Å². The van der Waals surface area contributed by atoms with E-state index in [4.69, 9.17) is 4.74 Å². The van der Waals surface area contributed by atoms with Crippen molar-refractivity contribution in [3.63, 3.8) is 0 Å². The van der Waals surface area contributed by atoms with Crippen LogP contribution in [0, 0.1) is 12.8 Å². The maximum atomic E-state index is 12.9. The van der Waals surface area contributed by atoms with E-state index in [1.807, 2.05) is 45.9 Å². The molecule has 1 heterocycles. The Hall–Kier alpha value is -2.04. The first kappa shape index (κ1) is 16.3. The molecular formula is C17H24N2O3. The molecule has 1 aromatic rings. The molecule has 5 heteroatoms. The normalized spacial score (nSPS) is 21.5. The van der Waals surface area contributed by atoms with Crippen molar-refractivity contribution in [1.29, 1.82) is 0 Å². The molecule has 1 fully saturated rings. The zero-order valence-electron chi connectivity index (χ0n) is 13.9. The fraction of sp³-hybridized carbons (Fsp3) is 0.529. The molecule has 1 atom stereocenters. The van der Waals surface area contributed by atoms with Crippen LogP contribution in [0.15, 0.2) is 18.2 Å². The van der Waals surface area contributed by atoms with Crippen LogP contribution in [0.1, 0.15) is 38.3 Å². The number of hydrogen-bond acceptors (Lipinski definition) is 3. The van der Waals surface area contributed by atoms with Gasteiger partial charge in [0, 0.05) is 6.54 Å². The van der Waals surface area contributed by atoms with Gasteiger partial charge in [0.05, 0.1) is 7.11 Å². The molecule has 0 saturated carbocycles. The lowest BCUT2D eigenvalue weighted by atomic mass is 9.86. The molecule has 0 aliphatic carbocycles. The second kappa shape index (κ2) is 5.99. The Bertz CT molecular complexity index is 598. The van der Waals surface area contributed by atoms with E-state index in [9.17, 15) is 9.59 Å². The van der Waals surface area contributed by atoms with Gasteiger partial charge in [0.1, 0.15) is 11.3 Å². The van der Waals surface area contributed by atoms with Crippen molar-refractivity contribution < 1.29 is 14.3 Å². The number of imide groups is 1. The van der Waals surface area contributed by atoms with Crippen molar-refractivity contribution in [3.8, 4) is 5.75 Å². The van der Waals surface area contributed by atoms with Crippen molar-refractivity contribution in [2.75, 3.05) is 13.7 Å². The van der Waals surface area contributed by atoms with Crippen molar-refractivity contribution in [3.05, 3.63) is 29.3 Å². The van der Waals surface area contributed by atoms with Crippen molar-refractivity contribution >= 4 is 11.9 Å². The summed E-state index contributed by atoms with van der Waals surface area (Å²) in [5.74, 6) is 0.837. The minimum Gasteiger partial charge on any atom is -0.496 e. The minimum atomic E-state index is -0.969. The van der Waals surface area contributed by atoms with Gasteiger partial charge in [-0.15, -0.1) is 0 Å². The van der Waals surface area contributed by atoms with E-state index in [0.717, 1.165) is 16.9 Å². The number of urea groups is 1. The smallest absolute Gasteiger partial charge is 0.325 e. The Morgan fingerprint density at radius 1 is 1.32 bits per heavy atom. The average molecular weight is 304 g/mol. The van der Waals surface area contributed by atoms with Crippen molar-refractivity contribution in [2.45, 2.75) is 39.7 Å². The van der Waals surface area contributed by atoms with E-state index in [1.54, 1.807) is 7.11 Å². The van der Waals surface area contributed by atoms with Crippen molar-refractivity contribution in [2.24, 2.45) is 5.92 Å². The van der Waals surface area contributed by atoms with E-state index in [1.165, 1.54) is 4.90 Å². The number of hydrogen-bond donors (Lipinski definition) is 1. The zero-order valence-corrected chi connectivity index (χ0v) is 13.9. The molecule has 0 radical (unpaired) electrons. The highest BCUT2D eigenvalue weighted by molar-refractivity contribution is 6.07. The van der Waals surface area contributed by atoms with Crippen LogP contribution in [0.5, 0.6) is 5.75 Å². The van der Waals surface area contributed by atoms with Gasteiger partial charge in [-0.3, -0.25) is 9.69 Å². The predicted molar refractivity (Wildman–Crippen MR) is 84.8 cm³/mol. The maximum absolute atomic E-state index is 12.9. The monoisotopic (exact) mass is 304 g/mol. The Kier molecular flexibility index (Phi) is 4.44. The summed E-state index contributed by atoms with van der Waals surface area (Å²) in [6.45, 7) is 8.26. The van der Waals surface area contributed by atoms with Crippen LogP contribution in [0.4, 0.5) is 4.79 Å². The highest BCUT2D eigenvalue weighted by Gasteiger charge is 2.51. The number of rotatable bonds is 5. The Balaban J connectivity index is 2.43. The molecule has 2 rings (SSSR count). The van der Waals surface area contributed by atoms with Crippen LogP contribution >= 0.6 is 0 Å². The molecule has 1 aliphatic rings. The highest BCUT2D eigenvalue weighted by Crippen LogP contribution is 2.34. The third kappa shape index (κ3) is 2.56. The number of aryl methyl sites for hydroxylation is 1. The molecule has 0 bridgehead atoms. The van der Waals surface area contributed by atoms with Gasteiger partial charge in [0.15, 0.2) is 0 Å². The fourth-order valence-corrected chi connectivity index (χ4v) is 2.94. The Morgan fingerprint density at radius 2 is 2.00 bits per heavy atom. The molecule has 1 unspecified atom stereocenters. The number of methoxy groups -OCH3 is 1. The zero-order chi connectivity index (χ0) is 16.5. The molecule has 5 nitrogen and oxygen atoms in total. The number of amides is 3. The Morgan fingerprint density at radius 3 is 2.50 bits per heavy atom. The fourth-order valence-electron chi connectivity index (χ4n) is 2.94. The number of nitrogens with one attached hydrogen (secondary N) is 1. The van der Waals surface area contributed by atoms with E-state index in [2.05, 4.69) is 5.32 Å². The van der Waals surface area contributed by atoms with E-state index >= 15 is 0 Å². The lowest BCUT2D eigenvalue weighted by Crippen LogP contribution is -2.43. The summed E-state index contributed by atoms with van der Waals surface area (Å²) in [6.07, 6.45) is 0.512. The molecule has 120 valence electrons. The number of carbonyl (C=O) groups excluding carboxylic acids is 2. The SMILES string of the molecule is CCC1(c2ccc(OC)c(C)c2)NC(=O)N(CC(C)C)C1=O. The largest absolute Gasteiger partial charge is 0.496 e. The molecule has 1 N–H and O–H groups in total. The summed E-state index contributed by atoms with van der Waals surface area (Å²) < 4.78 is 5.27.